The topological polar surface area (TPSA) is 232 Å². The number of benzene rings is 2. The van der Waals surface area contributed by atoms with E-state index in [0.717, 1.165) is 0 Å². The van der Waals surface area contributed by atoms with Crippen molar-refractivity contribution in [3.05, 3.63) is 96.1 Å². The molecule has 1 N–H and O–H groups in total. The van der Waals surface area contributed by atoms with E-state index < -0.39 is 129 Å². The Morgan fingerprint density at radius 1 is 0.629 bits per heavy atom. The molecule has 0 saturated carbocycles. The molecule has 62 heavy (non-hydrogen) atoms. The van der Waals surface area contributed by atoms with Crippen molar-refractivity contribution < 1.29 is 117 Å². The number of alkyl halides is 10. The minimum Gasteiger partial charge on any atom is -0.743 e. The van der Waals surface area contributed by atoms with Gasteiger partial charge >= 0.3 is 52.3 Å². The number of halogens is 12. The van der Waals surface area contributed by atoms with E-state index in [2.05, 4.69) is 32.1 Å². The molecule has 29 heteroatoms. The maximum atomic E-state index is 13.7. The quantitative estimate of drug-likeness (QED) is 0.0601. The lowest BCUT2D eigenvalue weighted by molar-refractivity contribution is -0.348. The monoisotopic (exact) mass is 955 g/mol. The van der Waals surface area contributed by atoms with E-state index in [-0.39, 0.29) is 11.1 Å². The van der Waals surface area contributed by atoms with Crippen LogP contribution >= 0.6 is 0 Å². The van der Waals surface area contributed by atoms with E-state index in [9.17, 15) is 97.8 Å². The molecule has 2 atom stereocenters. The van der Waals surface area contributed by atoms with Gasteiger partial charge < -0.3 is 33.4 Å². The Balaban J connectivity index is 0.000000620. The summed E-state index contributed by atoms with van der Waals surface area (Å²) in [5.74, 6) is -22.4. The number of hydrogen-bond donors (Lipinski definition) is 1. The van der Waals surface area contributed by atoms with Crippen LogP contribution in [0.4, 0.5) is 52.7 Å². The number of hydrogen-bond acceptors (Lipinski definition) is 14. The Hall–Kier alpha value is -5.10. The summed E-state index contributed by atoms with van der Waals surface area (Å²) < 4.78 is 239. The van der Waals surface area contributed by atoms with Gasteiger partial charge in [0.15, 0.2) is 20.2 Å². The molecule has 0 fully saturated rings. The van der Waals surface area contributed by atoms with Crippen LogP contribution in [0.1, 0.15) is 29.5 Å². The van der Waals surface area contributed by atoms with Gasteiger partial charge in [-0.2, -0.15) is 52.7 Å². The molecule has 348 valence electrons. The molecular formula is C33H29F12NO14S2-2. The highest BCUT2D eigenvalue weighted by molar-refractivity contribution is 7.87. The van der Waals surface area contributed by atoms with Crippen molar-refractivity contribution in [3.63, 3.8) is 0 Å². The Morgan fingerprint density at radius 2 is 1.02 bits per heavy atom. The summed E-state index contributed by atoms with van der Waals surface area (Å²) in [6, 6.07) is 12.6. The molecule has 2 aromatic rings. The summed E-state index contributed by atoms with van der Waals surface area (Å²) >= 11 is 0. The van der Waals surface area contributed by atoms with E-state index in [1.807, 2.05) is 0 Å². The van der Waals surface area contributed by atoms with Crippen LogP contribution in [0.25, 0.3) is 0 Å². The van der Waals surface area contributed by atoms with E-state index in [1.165, 1.54) is 48.5 Å². The van der Waals surface area contributed by atoms with Crippen LogP contribution in [0.3, 0.4) is 0 Å². The van der Waals surface area contributed by atoms with Gasteiger partial charge in [0, 0.05) is 25.8 Å². The lowest BCUT2D eigenvalue weighted by Gasteiger charge is -2.33. The Labute approximate surface area is 342 Å². The first-order valence-electron chi connectivity index (χ1n) is 16.1. The molecule has 0 spiro atoms. The molecule has 0 aliphatic carbocycles. The highest BCUT2D eigenvalue weighted by Crippen LogP contribution is 2.40. The van der Waals surface area contributed by atoms with E-state index in [4.69, 9.17) is 0 Å². The standard InChI is InChI=1S/C17H16F6O7S.C16H15F6NO7S/c1-10-3-5-12(6-4-10)9-13(24)16(17(21,22)23,30-14(25)11(2)18)29-8-7-15(19,20)31(26,27)28;1-10(17)12(24)30-15(16(20,21)22,29-8-7-14(18,19)31(26,27)28)13(25)23-9-11-5-3-2-4-6-11/h3-6H,2,7-9H2,1H3,(H,26,27,28);2-6H,1,7-9H2,(H,23,25)(H,26,27,28)/p-2. The lowest BCUT2D eigenvalue weighted by Crippen LogP contribution is -2.61. The van der Waals surface area contributed by atoms with Crippen LogP contribution < -0.4 is 5.32 Å². The van der Waals surface area contributed by atoms with Gasteiger partial charge in [-0.25, -0.2) is 26.4 Å². The first-order valence-corrected chi connectivity index (χ1v) is 18.9. The molecule has 0 radical (unpaired) electrons. The number of rotatable bonds is 20. The van der Waals surface area contributed by atoms with Crippen molar-refractivity contribution in [2.24, 2.45) is 0 Å². The minimum absolute atomic E-state index is 0.0320. The van der Waals surface area contributed by atoms with Gasteiger partial charge in [0.05, 0.1) is 13.2 Å². The summed E-state index contributed by atoms with van der Waals surface area (Å²) in [7, 11) is -12.6. The SMILES string of the molecule is C=C(F)C(=O)OC(OCCC(F)(F)S(=O)(=O)[O-])(C(=O)Cc1ccc(C)cc1)C(F)(F)F.C=C(F)C(=O)OC(OCCC(F)(F)S(=O)(=O)[O-])(C(=O)NCc1ccccc1)C(F)(F)F. The molecule has 0 saturated heterocycles. The molecule has 1 amide bonds. The van der Waals surface area contributed by atoms with Gasteiger partial charge in [0.25, 0.3) is 0 Å². The third-order valence-electron chi connectivity index (χ3n) is 7.24. The van der Waals surface area contributed by atoms with Gasteiger partial charge in [-0.15, -0.1) is 0 Å². The second-order valence-electron chi connectivity index (χ2n) is 12.0. The zero-order chi connectivity index (χ0) is 48.3. The van der Waals surface area contributed by atoms with E-state index in [0.29, 0.717) is 5.56 Å². The highest BCUT2D eigenvalue weighted by Gasteiger charge is 2.67. The predicted molar refractivity (Wildman–Crippen MR) is 179 cm³/mol. The molecule has 0 aromatic heterocycles. The van der Waals surface area contributed by atoms with Gasteiger partial charge in [-0.3, -0.25) is 9.59 Å². The average Bonchev–Trinajstić information content (AvgIpc) is 3.12. The van der Waals surface area contributed by atoms with Crippen LogP contribution in [0.2, 0.25) is 0 Å². The van der Waals surface area contributed by atoms with Gasteiger partial charge in [0.1, 0.15) is 0 Å². The van der Waals surface area contributed by atoms with Crippen LogP contribution in [0.15, 0.2) is 79.4 Å². The Morgan fingerprint density at radius 3 is 1.39 bits per heavy atom. The van der Waals surface area contributed by atoms with E-state index in [1.54, 1.807) is 18.3 Å². The summed E-state index contributed by atoms with van der Waals surface area (Å²) in [5.41, 5.74) is 0.906. The zero-order valence-corrected chi connectivity index (χ0v) is 32.6. The molecular weight excluding hydrogens is 926 g/mol. The zero-order valence-electron chi connectivity index (χ0n) is 30.9. The van der Waals surface area contributed by atoms with Crippen molar-refractivity contribution in [1.29, 1.82) is 0 Å². The molecule has 2 unspecified atom stereocenters. The smallest absolute Gasteiger partial charge is 0.466 e. The Bertz CT molecular complexity index is 2170. The van der Waals surface area contributed by atoms with Gasteiger partial charge in [-0.1, -0.05) is 73.3 Å². The highest BCUT2D eigenvalue weighted by atomic mass is 32.2. The summed E-state index contributed by atoms with van der Waals surface area (Å²) in [4.78, 5) is 47.4. The number of carbonyl (C=O) groups excluding carboxylic acids is 4. The lowest BCUT2D eigenvalue weighted by atomic mass is 10.0. The largest absolute Gasteiger partial charge is 0.743 e. The molecule has 0 aliphatic rings. The molecule has 2 rings (SSSR count). The average molecular weight is 956 g/mol. The van der Waals surface area contributed by atoms with Gasteiger partial charge in [-0.05, 0) is 18.1 Å². The van der Waals surface area contributed by atoms with Crippen LogP contribution in [-0.4, -0.2) is 97.2 Å². The number of ether oxygens (including phenoxy) is 4. The normalized spacial score (nSPS) is 14.5. The van der Waals surface area contributed by atoms with Crippen molar-refractivity contribution in [3.8, 4) is 0 Å². The van der Waals surface area contributed by atoms with Crippen molar-refractivity contribution in [2.45, 2.75) is 67.2 Å². The molecule has 0 heterocycles. The first kappa shape index (κ1) is 54.9. The first-order chi connectivity index (χ1) is 28.0. The molecule has 2 aromatic carbocycles. The number of carbonyl (C=O) groups is 4. The number of aryl methyl sites for hydroxylation is 1. The fourth-order valence-electron chi connectivity index (χ4n) is 4.03. The number of ketones is 1. The third-order valence-corrected chi connectivity index (χ3v) is 9.11. The fraction of sp³-hybridized carbons (Fsp3) is 0.394. The second-order valence-corrected chi connectivity index (χ2v) is 15.0. The minimum atomic E-state index is -6.29. The molecule has 15 nitrogen and oxygen atoms in total. The summed E-state index contributed by atoms with van der Waals surface area (Å²) in [5, 5.41) is -8.44. The van der Waals surface area contributed by atoms with Crippen LogP contribution in [0.5, 0.6) is 0 Å². The van der Waals surface area contributed by atoms with Crippen LogP contribution in [0, 0.1) is 6.92 Å². The molecule has 0 bridgehead atoms. The van der Waals surface area contributed by atoms with Crippen LogP contribution in [-0.2, 0) is 71.3 Å². The maximum Gasteiger partial charge on any atom is 0.466 e. The summed E-state index contributed by atoms with van der Waals surface area (Å²) in [6.45, 7) is 2.07. The van der Waals surface area contributed by atoms with Gasteiger partial charge in [0.2, 0.25) is 17.4 Å². The second kappa shape index (κ2) is 20.8. The predicted octanol–water partition coefficient (Wildman–Crippen LogP) is 5.07. The third kappa shape index (κ3) is 14.8. The van der Waals surface area contributed by atoms with E-state index >= 15 is 0 Å². The number of nitrogens with one attached hydrogen (secondary N) is 1. The van der Waals surface area contributed by atoms with Crippen molar-refractivity contribution in [1.82, 2.24) is 5.32 Å². The van der Waals surface area contributed by atoms with Crippen molar-refractivity contribution in [2.75, 3.05) is 13.2 Å². The number of esters is 2. The molecule has 0 aliphatic heterocycles. The van der Waals surface area contributed by atoms with Crippen molar-refractivity contribution >= 4 is 43.9 Å². The number of Topliss-reactive ketones (excluding diaryl/α,β-unsaturated/α-hetero) is 1. The Kier molecular flexibility index (Phi) is 18.5. The fourth-order valence-corrected chi connectivity index (χ4v) is 4.69. The number of amides is 1. The maximum absolute atomic E-state index is 13.7. The summed E-state index contributed by atoms with van der Waals surface area (Å²) in [6.07, 6.45) is -17.2.